The lowest BCUT2D eigenvalue weighted by Gasteiger charge is -2.37. The van der Waals surface area contributed by atoms with Crippen LogP contribution < -0.4 is 10.2 Å². The van der Waals surface area contributed by atoms with Crippen molar-refractivity contribution in [3.8, 4) is 0 Å². The van der Waals surface area contributed by atoms with Crippen molar-refractivity contribution >= 4 is 46.3 Å². The summed E-state index contributed by atoms with van der Waals surface area (Å²) in [5, 5.41) is 11.3. The van der Waals surface area contributed by atoms with Crippen molar-refractivity contribution < 1.29 is 0 Å². The lowest BCUT2D eigenvalue weighted by Crippen LogP contribution is -2.52. The van der Waals surface area contributed by atoms with E-state index in [0.717, 1.165) is 38.7 Å². The van der Waals surface area contributed by atoms with Gasteiger partial charge >= 0.3 is 0 Å². The number of nitrogens with zero attached hydrogens (tertiary/aromatic N) is 6. The molecule has 1 aliphatic rings. The first-order chi connectivity index (χ1) is 13.1. The Kier molecular flexibility index (Phi) is 9.03. The Hall–Kier alpha value is -1.33. The number of nitrogens with one attached hydrogen (secondary N) is 1. The maximum absolute atomic E-state index is 4.97. The molecule has 2 aromatic rings. The third-order valence-electron chi connectivity index (χ3n) is 4.88. The Bertz CT molecular complexity index is 720. The Morgan fingerprint density at radius 2 is 2.07 bits per heavy atom. The number of hydrogen-bond donors (Lipinski definition) is 1. The molecule has 3 heterocycles. The van der Waals surface area contributed by atoms with Gasteiger partial charge in [-0.1, -0.05) is 0 Å². The third-order valence-corrected chi connectivity index (χ3v) is 5.81. The van der Waals surface area contributed by atoms with E-state index in [1.54, 1.807) is 0 Å². The first-order valence-corrected chi connectivity index (χ1v) is 10.4. The fourth-order valence-electron chi connectivity index (χ4n) is 3.37. The predicted octanol–water partition coefficient (Wildman–Crippen LogP) is 2.49. The molecule has 156 valence electrons. The van der Waals surface area contributed by atoms with Crippen LogP contribution >= 0.6 is 35.3 Å². The highest BCUT2D eigenvalue weighted by atomic mass is 127. The Morgan fingerprint density at radius 3 is 2.61 bits per heavy atom. The first kappa shape index (κ1) is 23.0. The minimum atomic E-state index is 0. The van der Waals surface area contributed by atoms with E-state index in [9.17, 15) is 0 Å². The molecular formula is C19H32IN7S. The van der Waals surface area contributed by atoms with Crippen LogP contribution in [0.3, 0.4) is 0 Å². The molecule has 7 nitrogen and oxygen atoms in total. The Morgan fingerprint density at radius 1 is 1.32 bits per heavy atom. The molecule has 0 amide bonds. The highest BCUT2D eigenvalue weighted by molar-refractivity contribution is 14.0. The van der Waals surface area contributed by atoms with Gasteiger partial charge in [0.15, 0.2) is 5.96 Å². The van der Waals surface area contributed by atoms with Gasteiger partial charge in [-0.3, -0.25) is 9.67 Å². The summed E-state index contributed by atoms with van der Waals surface area (Å²) in [6, 6.07) is 4.55. The number of halogens is 1. The summed E-state index contributed by atoms with van der Waals surface area (Å²) in [6.45, 7) is 7.76. The molecule has 0 aliphatic carbocycles. The summed E-state index contributed by atoms with van der Waals surface area (Å²) in [5.41, 5.74) is 1.20. The van der Waals surface area contributed by atoms with Gasteiger partial charge in [-0.05, 0) is 38.5 Å². The fourth-order valence-corrected chi connectivity index (χ4v) is 4.15. The van der Waals surface area contributed by atoms with Crippen LogP contribution in [0.15, 0.2) is 34.9 Å². The average molecular weight is 517 g/mol. The molecule has 1 saturated heterocycles. The van der Waals surface area contributed by atoms with E-state index in [4.69, 9.17) is 4.99 Å². The zero-order chi connectivity index (χ0) is 19.2. The van der Waals surface area contributed by atoms with Gasteiger partial charge in [-0.2, -0.15) is 5.10 Å². The number of hydrogen-bond acceptors (Lipinski definition) is 5. The number of aryl methyl sites for hydroxylation is 1. The zero-order valence-corrected chi connectivity index (χ0v) is 20.4. The van der Waals surface area contributed by atoms with Gasteiger partial charge in [0.1, 0.15) is 0 Å². The molecule has 1 unspecified atom stereocenters. The molecule has 1 fully saturated rings. The highest BCUT2D eigenvalue weighted by Gasteiger charge is 2.21. The minimum Gasteiger partial charge on any atom is -0.360 e. The number of anilines is 1. The maximum atomic E-state index is 4.97. The quantitative estimate of drug-likeness (QED) is 0.363. The molecule has 0 bridgehead atoms. The largest absolute Gasteiger partial charge is 0.360 e. The van der Waals surface area contributed by atoms with Crippen molar-refractivity contribution in [2.75, 3.05) is 58.3 Å². The van der Waals surface area contributed by atoms with Crippen LogP contribution in [0.25, 0.3) is 0 Å². The summed E-state index contributed by atoms with van der Waals surface area (Å²) >= 11 is 1.81. The van der Waals surface area contributed by atoms with Crippen LogP contribution in [-0.4, -0.2) is 78.9 Å². The van der Waals surface area contributed by atoms with E-state index in [-0.39, 0.29) is 30.0 Å². The summed E-state index contributed by atoms with van der Waals surface area (Å²) in [4.78, 5) is 12.0. The van der Waals surface area contributed by atoms with E-state index in [1.807, 2.05) is 29.3 Å². The van der Waals surface area contributed by atoms with Crippen LogP contribution in [-0.2, 0) is 7.05 Å². The van der Waals surface area contributed by atoms with Crippen molar-refractivity contribution in [2.45, 2.75) is 13.0 Å². The van der Waals surface area contributed by atoms with Crippen molar-refractivity contribution in [3.63, 3.8) is 0 Å². The van der Waals surface area contributed by atoms with Crippen LogP contribution in [0.4, 0.5) is 5.00 Å². The second-order valence-corrected chi connectivity index (χ2v) is 7.97. The molecule has 1 aliphatic heterocycles. The molecular weight excluding hydrogens is 485 g/mol. The third kappa shape index (κ3) is 5.84. The van der Waals surface area contributed by atoms with Gasteiger partial charge in [0.05, 0.1) is 23.8 Å². The van der Waals surface area contributed by atoms with Gasteiger partial charge in [-0.25, -0.2) is 0 Å². The zero-order valence-electron chi connectivity index (χ0n) is 17.2. The molecule has 0 spiro atoms. The van der Waals surface area contributed by atoms with Crippen molar-refractivity contribution in [2.24, 2.45) is 12.0 Å². The molecule has 1 atom stereocenters. The number of guanidine groups is 1. The maximum Gasteiger partial charge on any atom is 0.194 e. The van der Waals surface area contributed by atoms with Crippen LogP contribution in [0.5, 0.6) is 0 Å². The first-order valence-electron chi connectivity index (χ1n) is 9.55. The van der Waals surface area contributed by atoms with Crippen LogP contribution in [0, 0.1) is 0 Å². The highest BCUT2D eigenvalue weighted by Crippen LogP contribution is 2.22. The standard InChI is InChI=1S/C19H31N7S.HI/c1-5-20-19(21-14-17(23(2)3)16-13-22-24(4)15-16)26-10-8-25(9-11-26)18-7-6-12-27-18;/h6-7,12-13,15,17H,5,8-11,14H2,1-4H3,(H,20,21);1H. The molecule has 0 aromatic carbocycles. The van der Waals surface area contributed by atoms with Gasteiger partial charge in [0, 0.05) is 51.5 Å². The monoisotopic (exact) mass is 517 g/mol. The summed E-state index contributed by atoms with van der Waals surface area (Å²) in [6.07, 6.45) is 4.01. The summed E-state index contributed by atoms with van der Waals surface area (Å²) in [7, 11) is 6.15. The summed E-state index contributed by atoms with van der Waals surface area (Å²) < 4.78 is 1.85. The van der Waals surface area contributed by atoms with Crippen LogP contribution in [0.2, 0.25) is 0 Å². The molecule has 3 rings (SSSR count). The summed E-state index contributed by atoms with van der Waals surface area (Å²) in [5.74, 6) is 1.01. The molecule has 0 saturated carbocycles. The second-order valence-electron chi connectivity index (χ2n) is 7.05. The number of rotatable bonds is 6. The fraction of sp³-hybridized carbons (Fsp3) is 0.579. The molecule has 9 heteroatoms. The Balaban J connectivity index is 0.00000280. The number of aromatic nitrogens is 2. The van der Waals surface area contributed by atoms with E-state index in [1.165, 1.54) is 10.6 Å². The Labute approximate surface area is 189 Å². The van der Waals surface area contributed by atoms with Crippen molar-refractivity contribution in [1.82, 2.24) is 24.9 Å². The van der Waals surface area contributed by atoms with Gasteiger partial charge in [-0.15, -0.1) is 35.3 Å². The number of thiophene rings is 1. The lowest BCUT2D eigenvalue weighted by atomic mass is 10.1. The molecule has 0 radical (unpaired) electrons. The van der Waals surface area contributed by atoms with E-state index in [2.05, 4.69) is 69.8 Å². The van der Waals surface area contributed by atoms with Gasteiger partial charge < -0.3 is 20.0 Å². The van der Waals surface area contributed by atoms with Crippen LogP contribution in [0.1, 0.15) is 18.5 Å². The second kappa shape index (κ2) is 11.0. The van der Waals surface area contributed by atoms with E-state index in [0.29, 0.717) is 6.54 Å². The van der Waals surface area contributed by atoms with Gasteiger partial charge in [0.2, 0.25) is 0 Å². The minimum absolute atomic E-state index is 0. The molecule has 2 aromatic heterocycles. The topological polar surface area (TPSA) is 51.9 Å². The van der Waals surface area contributed by atoms with Crippen molar-refractivity contribution in [1.29, 1.82) is 0 Å². The smallest absolute Gasteiger partial charge is 0.194 e. The lowest BCUT2D eigenvalue weighted by molar-refractivity contribution is 0.303. The van der Waals surface area contributed by atoms with Crippen molar-refractivity contribution in [3.05, 3.63) is 35.5 Å². The molecule has 28 heavy (non-hydrogen) atoms. The predicted molar refractivity (Wildman–Crippen MR) is 129 cm³/mol. The normalized spacial score (nSPS) is 16.2. The molecule has 1 N–H and O–H groups in total. The number of aliphatic imine (C=N–C) groups is 1. The average Bonchev–Trinajstić information content (AvgIpc) is 3.33. The van der Waals surface area contributed by atoms with E-state index < -0.39 is 0 Å². The number of likely N-dealkylation sites (N-methyl/N-ethyl adjacent to an activating group) is 1. The SMILES string of the molecule is CCNC(=NCC(c1cnn(C)c1)N(C)C)N1CCN(c2cccs2)CC1.I. The van der Waals surface area contributed by atoms with E-state index >= 15 is 0 Å². The van der Waals surface area contributed by atoms with Gasteiger partial charge in [0.25, 0.3) is 0 Å². The number of piperazine rings is 1.